The third kappa shape index (κ3) is 71.6. The van der Waals surface area contributed by atoms with Crippen LogP contribution in [0.5, 0.6) is 0 Å². The van der Waals surface area contributed by atoms with E-state index in [2.05, 4.69) is 161 Å². The van der Waals surface area contributed by atoms with E-state index in [0.717, 1.165) is 205 Å². The lowest BCUT2D eigenvalue weighted by Gasteiger charge is -2.21. The van der Waals surface area contributed by atoms with Crippen LogP contribution < -0.4 is 0 Å². The van der Waals surface area contributed by atoms with Crippen LogP contribution in [-0.4, -0.2) is 96.7 Å². The van der Waals surface area contributed by atoms with E-state index in [9.17, 15) is 43.2 Å². The molecule has 0 aliphatic carbocycles. The summed E-state index contributed by atoms with van der Waals surface area (Å²) in [7, 11) is -9.97. The zero-order valence-corrected chi connectivity index (χ0v) is 64.1. The monoisotopic (exact) mass is 1440 g/mol. The van der Waals surface area contributed by atoms with Crippen molar-refractivity contribution in [2.75, 3.05) is 39.6 Å². The van der Waals surface area contributed by atoms with Crippen LogP contribution in [0.2, 0.25) is 0 Å². The molecule has 19 heteroatoms. The quantitative estimate of drug-likeness (QED) is 0.0169. The number of aliphatic hydroxyl groups is 1. The second-order valence-corrected chi connectivity index (χ2v) is 28.1. The number of carbonyl (C=O) groups excluding carboxylic acids is 4. The molecule has 0 aliphatic rings. The molecule has 0 amide bonds. The number of esters is 4. The molecule has 3 N–H and O–H groups in total. The molecule has 5 atom stereocenters. The van der Waals surface area contributed by atoms with Crippen molar-refractivity contribution in [2.45, 2.75) is 316 Å². The molecule has 572 valence electrons. The number of allylic oxidation sites excluding steroid dienone is 22. The van der Waals surface area contributed by atoms with Crippen LogP contribution in [0.25, 0.3) is 0 Å². The van der Waals surface area contributed by atoms with Crippen molar-refractivity contribution in [1.29, 1.82) is 0 Å². The van der Waals surface area contributed by atoms with E-state index in [1.807, 2.05) is 0 Å². The van der Waals surface area contributed by atoms with Crippen LogP contribution in [0.1, 0.15) is 297 Å². The Morgan fingerprint density at radius 3 is 0.810 bits per heavy atom. The van der Waals surface area contributed by atoms with E-state index in [4.69, 9.17) is 37.0 Å². The van der Waals surface area contributed by atoms with Gasteiger partial charge in [0.25, 0.3) is 0 Å². The maximum Gasteiger partial charge on any atom is 0.472 e. The van der Waals surface area contributed by atoms with Gasteiger partial charge in [-0.25, -0.2) is 9.13 Å². The smallest absolute Gasteiger partial charge is 0.462 e. The van der Waals surface area contributed by atoms with Crippen molar-refractivity contribution < 1.29 is 80.2 Å². The highest BCUT2D eigenvalue weighted by atomic mass is 31.2. The average molecular weight is 1440 g/mol. The van der Waals surface area contributed by atoms with Crippen LogP contribution in [-0.2, 0) is 65.4 Å². The summed E-state index contributed by atoms with van der Waals surface area (Å²) in [6.07, 6.45) is 80.1. The van der Waals surface area contributed by atoms with Crippen LogP contribution in [0.4, 0.5) is 0 Å². The number of phosphoric ester groups is 2. The maximum atomic E-state index is 13.1. The molecule has 0 saturated carbocycles. The molecule has 0 saturated heterocycles. The van der Waals surface area contributed by atoms with E-state index in [-0.39, 0.29) is 25.7 Å². The first-order chi connectivity index (χ1) is 48.7. The molecule has 0 aromatic carbocycles. The van der Waals surface area contributed by atoms with Gasteiger partial charge in [0.1, 0.15) is 19.3 Å². The third-order valence-corrected chi connectivity index (χ3v) is 17.5. The standard InChI is InChI=1S/C81H136O17P2/c1-5-9-13-17-21-25-29-32-35-37-40-42-46-49-53-57-61-65-78(83)91-71-76(97-80(85)67-63-59-55-51-45-28-24-20-16-12-8-4)73-95-99(87,88)93-69-75(82)70-94-100(89,90)96-74-77(98-81(86)68-64-60-56-52-48-44-39-34-31-27-23-19-15-11-7-3)72-92-79(84)66-62-58-54-50-47-43-41-38-36-33-30-26-22-18-14-10-6-2/h9-11,13-15,20-27,32-36,39-40,42,75-77,82H,5-8,12,16-19,28-31,37-38,41,43-74H2,1-4H3,(H,87,88)(H,89,90)/b13-9-,14-10-,15-11-,24-20-,25-21-,26-22-,27-23-,35-32-,36-33-,39-34-,42-40-. The normalized spacial score (nSPS) is 14.7. The van der Waals surface area contributed by atoms with E-state index >= 15 is 0 Å². The topological polar surface area (TPSA) is 237 Å². The number of ether oxygens (including phenoxy) is 4. The van der Waals surface area contributed by atoms with Crippen molar-refractivity contribution in [3.63, 3.8) is 0 Å². The van der Waals surface area contributed by atoms with Crippen molar-refractivity contribution >= 4 is 39.5 Å². The van der Waals surface area contributed by atoms with Crippen molar-refractivity contribution in [3.8, 4) is 0 Å². The molecule has 100 heavy (non-hydrogen) atoms. The highest BCUT2D eigenvalue weighted by molar-refractivity contribution is 7.47. The maximum absolute atomic E-state index is 13.1. The van der Waals surface area contributed by atoms with Crippen molar-refractivity contribution in [3.05, 3.63) is 134 Å². The van der Waals surface area contributed by atoms with Crippen LogP contribution in [0.15, 0.2) is 134 Å². The van der Waals surface area contributed by atoms with Gasteiger partial charge in [0.05, 0.1) is 26.4 Å². The second-order valence-electron chi connectivity index (χ2n) is 25.1. The summed E-state index contributed by atoms with van der Waals surface area (Å²) in [5.74, 6) is -2.24. The van der Waals surface area contributed by atoms with Crippen LogP contribution >= 0.6 is 15.6 Å². The number of hydrogen-bond donors (Lipinski definition) is 3. The summed E-state index contributed by atoms with van der Waals surface area (Å²) in [5, 5.41) is 10.6. The fourth-order valence-electron chi connectivity index (χ4n) is 9.81. The van der Waals surface area contributed by atoms with Gasteiger partial charge in [-0.2, -0.15) is 0 Å². The largest absolute Gasteiger partial charge is 0.472 e. The number of phosphoric acid groups is 2. The predicted octanol–water partition coefficient (Wildman–Crippen LogP) is 22.1. The average Bonchev–Trinajstić information content (AvgIpc) is 0.989. The van der Waals surface area contributed by atoms with Gasteiger partial charge in [-0.1, -0.05) is 258 Å². The number of hydrogen-bond acceptors (Lipinski definition) is 15. The first-order valence-electron chi connectivity index (χ1n) is 38.4. The lowest BCUT2D eigenvalue weighted by atomic mass is 10.1. The molecule has 0 aromatic heterocycles. The molecular formula is C81H136O17P2. The first-order valence-corrected chi connectivity index (χ1v) is 41.4. The zero-order valence-electron chi connectivity index (χ0n) is 62.3. The number of unbranched alkanes of at least 4 members (excludes halogenated alkanes) is 23. The van der Waals surface area contributed by atoms with Gasteiger partial charge < -0.3 is 33.8 Å². The minimum absolute atomic E-state index is 0.0698. The summed E-state index contributed by atoms with van der Waals surface area (Å²) in [4.78, 5) is 72.9. The highest BCUT2D eigenvalue weighted by Crippen LogP contribution is 2.45. The minimum atomic E-state index is -4.99. The minimum Gasteiger partial charge on any atom is -0.462 e. The van der Waals surface area contributed by atoms with Gasteiger partial charge in [0.15, 0.2) is 12.2 Å². The lowest BCUT2D eigenvalue weighted by molar-refractivity contribution is -0.161. The Bertz CT molecular complexity index is 2420. The van der Waals surface area contributed by atoms with Gasteiger partial charge in [0, 0.05) is 25.7 Å². The second kappa shape index (κ2) is 72.5. The lowest BCUT2D eigenvalue weighted by Crippen LogP contribution is -2.30. The molecule has 0 aromatic rings. The summed E-state index contributed by atoms with van der Waals surface area (Å²) in [6, 6.07) is 0. The van der Waals surface area contributed by atoms with E-state index in [0.29, 0.717) is 25.7 Å². The molecule has 5 unspecified atom stereocenters. The van der Waals surface area contributed by atoms with E-state index < -0.39 is 97.5 Å². The highest BCUT2D eigenvalue weighted by Gasteiger charge is 2.30. The van der Waals surface area contributed by atoms with Crippen molar-refractivity contribution in [2.24, 2.45) is 0 Å². The number of rotatable bonds is 71. The predicted molar refractivity (Wildman–Crippen MR) is 408 cm³/mol. The summed E-state index contributed by atoms with van der Waals surface area (Å²) in [5.41, 5.74) is 0. The molecular weight excluding hydrogens is 1310 g/mol. The Morgan fingerprint density at radius 1 is 0.290 bits per heavy atom. The van der Waals surface area contributed by atoms with Crippen LogP contribution in [0.3, 0.4) is 0 Å². The molecule has 0 bridgehead atoms. The Hall–Kier alpha value is -4.80. The molecule has 0 radical (unpaired) electrons. The third-order valence-electron chi connectivity index (χ3n) is 15.6. The molecule has 0 aliphatic heterocycles. The molecule has 0 fully saturated rings. The van der Waals surface area contributed by atoms with Crippen molar-refractivity contribution in [1.82, 2.24) is 0 Å². The Labute approximate surface area is 605 Å². The molecule has 17 nitrogen and oxygen atoms in total. The number of carbonyl (C=O) groups is 4. The van der Waals surface area contributed by atoms with Gasteiger partial charge in [-0.05, 0) is 148 Å². The molecule has 0 rings (SSSR count). The van der Waals surface area contributed by atoms with Gasteiger partial charge in [0.2, 0.25) is 0 Å². The molecule has 0 heterocycles. The Balaban J connectivity index is 5.37. The zero-order chi connectivity index (χ0) is 73.2. The van der Waals surface area contributed by atoms with Gasteiger partial charge in [-0.15, -0.1) is 0 Å². The van der Waals surface area contributed by atoms with Gasteiger partial charge >= 0.3 is 39.5 Å². The summed E-state index contributed by atoms with van der Waals surface area (Å²) >= 11 is 0. The summed E-state index contributed by atoms with van der Waals surface area (Å²) < 4.78 is 68.4. The summed E-state index contributed by atoms with van der Waals surface area (Å²) in [6.45, 7) is 4.43. The van der Waals surface area contributed by atoms with E-state index in [1.54, 1.807) is 0 Å². The fraction of sp³-hybridized carbons (Fsp3) is 0.679. The number of aliphatic hydroxyl groups excluding tert-OH is 1. The van der Waals surface area contributed by atoms with Gasteiger partial charge in [-0.3, -0.25) is 37.3 Å². The van der Waals surface area contributed by atoms with Crippen LogP contribution in [0, 0.1) is 0 Å². The molecule has 0 spiro atoms. The fourth-order valence-corrected chi connectivity index (χ4v) is 11.4. The Morgan fingerprint density at radius 2 is 0.520 bits per heavy atom. The van der Waals surface area contributed by atoms with E-state index in [1.165, 1.54) is 12.8 Å². The first kappa shape index (κ1) is 95.2. The Kier molecular flexibility index (Phi) is 69.1. The SMILES string of the molecule is CC/C=C\C/C=C\C/C=C\C/C=C\CCCCCCC(=O)OCC(COP(=O)(O)OCC(O)COP(=O)(O)OCC(COC(=O)CCCCCCCCC/C=C\C/C=C\C/C=C\CC)OC(=O)CCCCCCC/C=C\C/C=C\C/C=C\CC)OC(=O)CCCCCCC/C=C\CCCC.